The summed E-state index contributed by atoms with van der Waals surface area (Å²) in [5.41, 5.74) is 1.45. The van der Waals surface area contributed by atoms with Gasteiger partial charge in [0, 0.05) is 6.07 Å². The molecule has 0 saturated carbocycles. The van der Waals surface area contributed by atoms with E-state index in [1.165, 1.54) is 12.1 Å². The summed E-state index contributed by atoms with van der Waals surface area (Å²) in [5, 5.41) is 21.7. The van der Waals surface area contributed by atoms with Gasteiger partial charge in [0.1, 0.15) is 0 Å². The lowest BCUT2D eigenvalue weighted by Gasteiger charge is -2.04. The minimum Gasteiger partial charge on any atom is -0.258 e. The molecule has 0 aliphatic carbocycles. The van der Waals surface area contributed by atoms with Crippen LogP contribution in [0.15, 0.2) is 42.5 Å². The Labute approximate surface area is 108 Å². The number of benzene rings is 2. The molecule has 19 heavy (non-hydrogen) atoms. The van der Waals surface area contributed by atoms with Gasteiger partial charge in [-0.15, -0.1) is 0 Å². The van der Waals surface area contributed by atoms with Crippen molar-refractivity contribution >= 4 is 11.4 Å². The SMILES string of the molecule is Cc1cccc(-c2ccc([N+](=O)[O-])cc2[N+](=O)[O-])c1. The van der Waals surface area contributed by atoms with E-state index in [2.05, 4.69) is 0 Å². The quantitative estimate of drug-likeness (QED) is 0.622. The Hall–Kier alpha value is -2.76. The minimum atomic E-state index is -0.646. The Balaban J connectivity index is 2.63. The molecule has 6 heteroatoms. The van der Waals surface area contributed by atoms with Crippen LogP contribution in [-0.2, 0) is 0 Å². The van der Waals surface area contributed by atoms with Crippen molar-refractivity contribution in [2.75, 3.05) is 0 Å². The molecule has 0 atom stereocenters. The van der Waals surface area contributed by atoms with Crippen molar-refractivity contribution < 1.29 is 9.85 Å². The van der Waals surface area contributed by atoms with Crippen molar-refractivity contribution in [3.63, 3.8) is 0 Å². The maximum absolute atomic E-state index is 11.0. The van der Waals surface area contributed by atoms with Crippen LogP contribution in [0.1, 0.15) is 5.56 Å². The third-order valence-electron chi connectivity index (χ3n) is 2.72. The van der Waals surface area contributed by atoms with Gasteiger partial charge in [-0.1, -0.05) is 29.8 Å². The van der Waals surface area contributed by atoms with E-state index in [9.17, 15) is 20.2 Å². The van der Waals surface area contributed by atoms with Gasteiger partial charge in [0.25, 0.3) is 11.4 Å². The predicted molar refractivity (Wildman–Crippen MR) is 69.9 cm³/mol. The topological polar surface area (TPSA) is 86.3 Å². The highest BCUT2D eigenvalue weighted by Crippen LogP contribution is 2.33. The fourth-order valence-corrected chi connectivity index (χ4v) is 1.84. The van der Waals surface area contributed by atoms with E-state index in [1.807, 2.05) is 13.0 Å². The molecule has 0 N–H and O–H groups in total. The number of rotatable bonds is 3. The van der Waals surface area contributed by atoms with E-state index in [4.69, 9.17) is 0 Å². The number of aryl methyl sites for hydroxylation is 1. The molecule has 2 aromatic rings. The number of nitro benzene ring substituents is 2. The zero-order valence-corrected chi connectivity index (χ0v) is 10.1. The number of hydrogen-bond acceptors (Lipinski definition) is 4. The summed E-state index contributed by atoms with van der Waals surface area (Å²) in [6.07, 6.45) is 0. The van der Waals surface area contributed by atoms with Crippen LogP contribution < -0.4 is 0 Å². The van der Waals surface area contributed by atoms with E-state index in [-0.39, 0.29) is 11.4 Å². The molecule has 0 radical (unpaired) electrons. The molecule has 0 heterocycles. The molecule has 96 valence electrons. The standard InChI is InChI=1S/C13H10N2O4/c1-9-3-2-4-10(7-9)12-6-5-11(14(16)17)8-13(12)15(18)19/h2-8H,1H3. The molecule has 0 fully saturated rings. The average Bonchev–Trinajstić information content (AvgIpc) is 2.37. The Kier molecular flexibility index (Phi) is 3.24. The largest absolute Gasteiger partial charge is 0.284 e. The molecule has 0 unspecified atom stereocenters. The highest BCUT2D eigenvalue weighted by Gasteiger charge is 2.20. The second-order valence-corrected chi connectivity index (χ2v) is 4.09. The second-order valence-electron chi connectivity index (χ2n) is 4.09. The molecule has 0 spiro atoms. The fraction of sp³-hybridized carbons (Fsp3) is 0.0769. The first kappa shape index (κ1) is 12.7. The first-order chi connectivity index (χ1) is 8.99. The molecular formula is C13H10N2O4. The summed E-state index contributed by atoms with van der Waals surface area (Å²) >= 11 is 0. The Bertz CT molecular complexity index is 667. The summed E-state index contributed by atoms with van der Waals surface area (Å²) in [4.78, 5) is 20.4. The second kappa shape index (κ2) is 4.85. The summed E-state index contributed by atoms with van der Waals surface area (Å²) < 4.78 is 0. The summed E-state index contributed by atoms with van der Waals surface area (Å²) in [6, 6.07) is 10.9. The predicted octanol–water partition coefficient (Wildman–Crippen LogP) is 3.48. The van der Waals surface area contributed by atoms with Crippen LogP contribution >= 0.6 is 0 Å². The number of nitro groups is 2. The van der Waals surface area contributed by atoms with Gasteiger partial charge in [0.05, 0.1) is 21.5 Å². The first-order valence-corrected chi connectivity index (χ1v) is 5.49. The molecule has 0 amide bonds. The number of non-ortho nitro benzene ring substituents is 1. The minimum absolute atomic E-state index is 0.264. The lowest BCUT2D eigenvalue weighted by Crippen LogP contribution is -1.95. The molecular weight excluding hydrogens is 248 g/mol. The summed E-state index contributed by atoms with van der Waals surface area (Å²) in [6.45, 7) is 1.88. The van der Waals surface area contributed by atoms with E-state index >= 15 is 0 Å². The van der Waals surface area contributed by atoms with E-state index in [0.29, 0.717) is 11.1 Å². The van der Waals surface area contributed by atoms with Crippen molar-refractivity contribution in [1.29, 1.82) is 0 Å². The smallest absolute Gasteiger partial charge is 0.258 e. The van der Waals surface area contributed by atoms with Gasteiger partial charge in [0.15, 0.2) is 0 Å². The third kappa shape index (κ3) is 2.57. The summed E-state index contributed by atoms with van der Waals surface area (Å²) in [5.74, 6) is 0. The first-order valence-electron chi connectivity index (χ1n) is 5.49. The van der Waals surface area contributed by atoms with E-state index in [0.717, 1.165) is 11.6 Å². The van der Waals surface area contributed by atoms with Crippen LogP contribution in [0, 0.1) is 27.2 Å². The van der Waals surface area contributed by atoms with Gasteiger partial charge in [-0.3, -0.25) is 20.2 Å². The van der Waals surface area contributed by atoms with Crippen LogP contribution in [0.25, 0.3) is 11.1 Å². The van der Waals surface area contributed by atoms with Crippen molar-refractivity contribution in [2.45, 2.75) is 6.92 Å². The summed E-state index contributed by atoms with van der Waals surface area (Å²) in [7, 11) is 0. The van der Waals surface area contributed by atoms with Crippen molar-refractivity contribution in [2.24, 2.45) is 0 Å². The maximum atomic E-state index is 11.0. The molecule has 2 rings (SSSR count). The monoisotopic (exact) mass is 258 g/mol. The maximum Gasteiger partial charge on any atom is 0.284 e. The molecule has 6 nitrogen and oxygen atoms in total. The normalized spacial score (nSPS) is 10.2. The Morgan fingerprint density at radius 1 is 0.947 bits per heavy atom. The van der Waals surface area contributed by atoms with Crippen LogP contribution in [0.4, 0.5) is 11.4 Å². The molecule has 0 aromatic heterocycles. The van der Waals surface area contributed by atoms with Crippen molar-refractivity contribution in [3.05, 3.63) is 68.3 Å². The molecule has 0 bridgehead atoms. The van der Waals surface area contributed by atoms with Gasteiger partial charge in [-0.2, -0.15) is 0 Å². The zero-order chi connectivity index (χ0) is 14.0. The van der Waals surface area contributed by atoms with E-state index < -0.39 is 9.85 Å². The van der Waals surface area contributed by atoms with Gasteiger partial charge >= 0.3 is 0 Å². The Morgan fingerprint density at radius 3 is 2.26 bits per heavy atom. The lowest BCUT2D eigenvalue weighted by molar-refractivity contribution is -0.393. The average molecular weight is 258 g/mol. The van der Waals surface area contributed by atoms with Crippen LogP contribution in [-0.4, -0.2) is 9.85 Å². The van der Waals surface area contributed by atoms with E-state index in [1.54, 1.807) is 18.2 Å². The highest BCUT2D eigenvalue weighted by atomic mass is 16.6. The third-order valence-corrected chi connectivity index (χ3v) is 2.72. The molecule has 0 aliphatic heterocycles. The fourth-order valence-electron chi connectivity index (χ4n) is 1.84. The van der Waals surface area contributed by atoms with Gasteiger partial charge < -0.3 is 0 Å². The van der Waals surface area contributed by atoms with Crippen molar-refractivity contribution in [1.82, 2.24) is 0 Å². The zero-order valence-electron chi connectivity index (χ0n) is 10.1. The van der Waals surface area contributed by atoms with Gasteiger partial charge in [0.2, 0.25) is 0 Å². The number of nitrogens with zero attached hydrogens (tertiary/aromatic N) is 2. The lowest BCUT2D eigenvalue weighted by atomic mass is 10.0. The van der Waals surface area contributed by atoms with Gasteiger partial charge in [-0.05, 0) is 18.6 Å². The van der Waals surface area contributed by atoms with Crippen molar-refractivity contribution in [3.8, 4) is 11.1 Å². The molecule has 0 aliphatic rings. The Morgan fingerprint density at radius 2 is 1.68 bits per heavy atom. The molecule has 2 aromatic carbocycles. The van der Waals surface area contributed by atoms with Gasteiger partial charge in [-0.25, -0.2) is 0 Å². The van der Waals surface area contributed by atoms with Crippen LogP contribution in [0.5, 0.6) is 0 Å². The van der Waals surface area contributed by atoms with Crippen LogP contribution in [0.3, 0.4) is 0 Å². The number of hydrogen-bond donors (Lipinski definition) is 0. The highest BCUT2D eigenvalue weighted by molar-refractivity contribution is 5.75. The molecule has 0 saturated heterocycles. The van der Waals surface area contributed by atoms with Crippen LogP contribution in [0.2, 0.25) is 0 Å².